The highest BCUT2D eigenvalue weighted by molar-refractivity contribution is 5.82. The Balaban J connectivity index is 1.55. The monoisotopic (exact) mass is 276 g/mol. The molecule has 3 rings (SSSR count). The molecule has 2 heterocycles. The van der Waals surface area contributed by atoms with Crippen LogP contribution in [0.2, 0.25) is 0 Å². The van der Waals surface area contributed by atoms with Crippen LogP contribution in [0.3, 0.4) is 0 Å². The molecule has 0 aliphatic carbocycles. The minimum Gasteiger partial charge on any atom is -0.389 e. The van der Waals surface area contributed by atoms with E-state index in [1.165, 1.54) is 5.56 Å². The molecule has 2 fully saturated rings. The molecule has 0 radical (unpaired) electrons. The molecule has 0 aromatic heterocycles. The number of hydrogen-bond acceptors (Lipinski definition) is 4. The number of carbonyl (C=O) groups excluding carboxylic acids is 1. The number of β-amino-alcohol motifs (C(OH)–C–C–N with tert-alkyl or cyclic N) is 1. The van der Waals surface area contributed by atoms with Gasteiger partial charge >= 0.3 is 0 Å². The van der Waals surface area contributed by atoms with Crippen LogP contribution in [0, 0.1) is 0 Å². The summed E-state index contributed by atoms with van der Waals surface area (Å²) in [6, 6.07) is 10.3. The quantitative estimate of drug-likeness (QED) is 0.850. The molecule has 0 saturated carbocycles. The second-order valence-electron chi connectivity index (χ2n) is 5.48. The first kappa shape index (κ1) is 13.5. The molecule has 2 aliphatic rings. The molecule has 5 nitrogen and oxygen atoms in total. The first-order chi connectivity index (χ1) is 9.72. The molecular weight excluding hydrogens is 256 g/mol. The number of likely N-dealkylation sites (tertiary alicyclic amines) is 1. The summed E-state index contributed by atoms with van der Waals surface area (Å²) >= 11 is 0. The van der Waals surface area contributed by atoms with Crippen LogP contribution in [0.5, 0.6) is 0 Å². The predicted octanol–water partition coefficient (Wildman–Crippen LogP) is 0.0905. The maximum absolute atomic E-state index is 12.2. The smallest absolute Gasteiger partial charge is 0.253 e. The van der Waals surface area contributed by atoms with Crippen molar-refractivity contribution in [3.05, 3.63) is 35.9 Å². The van der Waals surface area contributed by atoms with Crippen molar-refractivity contribution in [2.75, 3.05) is 32.8 Å². The van der Waals surface area contributed by atoms with Gasteiger partial charge in [-0.2, -0.15) is 0 Å². The lowest BCUT2D eigenvalue weighted by Crippen LogP contribution is -2.59. The molecule has 1 amide bonds. The number of rotatable bonds is 3. The maximum Gasteiger partial charge on any atom is 0.253 e. The van der Waals surface area contributed by atoms with Gasteiger partial charge < -0.3 is 14.7 Å². The summed E-state index contributed by atoms with van der Waals surface area (Å²) in [6.45, 7) is 3.78. The van der Waals surface area contributed by atoms with Crippen molar-refractivity contribution in [3.8, 4) is 0 Å². The third-order valence-corrected chi connectivity index (χ3v) is 3.85. The summed E-state index contributed by atoms with van der Waals surface area (Å²) in [5.41, 5.74) is 1.25. The topological polar surface area (TPSA) is 53.0 Å². The highest BCUT2D eigenvalue weighted by Gasteiger charge is 2.36. The van der Waals surface area contributed by atoms with E-state index >= 15 is 0 Å². The number of aliphatic hydroxyl groups is 1. The molecule has 1 N–H and O–H groups in total. The Morgan fingerprint density at radius 2 is 2.00 bits per heavy atom. The number of nitrogens with zero attached hydrogens (tertiary/aromatic N) is 2. The Bertz CT molecular complexity index is 459. The van der Waals surface area contributed by atoms with Gasteiger partial charge in [-0.1, -0.05) is 30.3 Å². The zero-order valence-corrected chi connectivity index (χ0v) is 11.4. The van der Waals surface area contributed by atoms with Gasteiger partial charge in [0.2, 0.25) is 0 Å². The second kappa shape index (κ2) is 5.91. The van der Waals surface area contributed by atoms with Crippen molar-refractivity contribution in [1.82, 2.24) is 9.80 Å². The lowest BCUT2D eigenvalue weighted by atomic mass is 10.1. The second-order valence-corrected chi connectivity index (χ2v) is 5.48. The fourth-order valence-corrected chi connectivity index (χ4v) is 2.68. The number of carbonyl (C=O) groups is 1. The van der Waals surface area contributed by atoms with Gasteiger partial charge in [0.15, 0.2) is 0 Å². The van der Waals surface area contributed by atoms with Crippen LogP contribution in [0.4, 0.5) is 0 Å². The summed E-state index contributed by atoms with van der Waals surface area (Å²) in [7, 11) is 0. The molecule has 2 saturated heterocycles. The summed E-state index contributed by atoms with van der Waals surface area (Å²) in [5, 5.41) is 9.27. The van der Waals surface area contributed by atoms with E-state index in [2.05, 4.69) is 17.0 Å². The first-order valence-corrected chi connectivity index (χ1v) is 7.07. The van der Waals surface area contributed by atoms with Gasteiger partial charge in [0.05, 0.1) is 12.7 Å². The van der Waals surface area contributed by atoms with Gasteiger partial charge in [0.1, 0.15) is 6.10 Å². The van der Waals surface area contributed by atoms with E-state index in [0.29, 0.717) is 26.2 Å². The van der Waals surface area contributed by atoms with Crippen molar-refractivity contribution in [1.29, 1.82) is 0 Å². The lowest BCUT2D eigenvalue weighted by molar-refractivity contribution is -0.159. The number of aliphatic hydroxyl groups excluding tert-OH is 1. The van der Waals surface area contributed by atoms with Gasteiger partial charge in [0, 0.05) is 32.7 Å². The van der Waals surface area contributed by atoms with Crippen LogP contribution < -0.4 is 0 Å². The van der Waals surface area contributed by atoms with Crippen LogP contribution in [0.1, 0.15) is 5.56 Å². The molecule has 0 bridgehead atoms. The molecule has 5 heteroatoms. The van der Waals surface area contributed by atoms with Gasteiger partial charge in [-0.25, -0.2) is 0 Å². The molecule has 1 unspecified atom stereocenters. The Kier molecular flexibility index (Phi) is 4.00. The van der Waals surface area contributed by atoms with E-state index in [4.69, 9.17) is 4.74 Å². The number of ether oxygens (including phenoxy) is 1. The van der Waals surface area contributed by atoms with Crippen LogP contribution in [0.25, 0.3) is 0 Å². The Morgan fingerprint density at radius 3 is 2.70 bits per heavy atom. The summed E-state index contributed by atoms with van der Waals surface area (Å²) < 4.78 is 5.59. The van der Waals surface area contributed by atoms with Gasteiger partial charge in [-0.3, -0.25) is 9.69 Å². The molecule has 108 valence electrons. The van der Waals surface area contributed by atoms with Crippen LogP contribution >= 0.6 is 0 Å². The molecule has 2 aliphatic heterocycles. The van der Waals surface area contributed by atoms with Crippen molar-refractivity contribution >= 4 is 5.91 Å². The third kappa shape index (κ3) is 3.00. The lowest BCUT2D eigenvalue weighted by Gasteiger charge is -2.40. The SMILES string of the molecule is O=C(C1CN(Cc2ccccc2)CCO1)N1CC(O)C1. The summed E-state index contributed by atoms with van der Waals surface area (Å²) in [5.74, 6) is 0.00746. The number of benzene rings is 1. The van der Waals surface area contributed by atoms with E-state index in [-0.39, 0.29) is 18.1 Å². The predicted molar refractivity (Wildman–Crippen MR) is 74.0 cm³/mol. The summed E-state index contributed by atoms with van der Waals surface area (Å²) in [6.07, 6.45) is -0.747. The normalized spacial score (nSPS) is 24.4. The molecule has 20 heavy (non-hydrogen) atoms. The minimum absolute atomic E-state index is 0.00746. The van der Waals surface area contributed by atoms with Gasteiger partial charge in [-0.15, -0.1) is 0 Å². The third-order valence-electron chi connectivity index (χ3n) is 3.85. The molecule has 1 aromatic carbocycles. The van der Waals surface area contributed by atoms with Crippen LogP contribution in [0.15, 0.2) is 30.3 Å². The van der Waals surface area contributed by atoms with E-state index in [1.807, 2.05) is 18.2 Å². The van der Waals surface area contributed by atoms with Crippen LogP contribution in [-0.2, 0) is 16.1 Å². The van der Waals surface area contributed by atoms with Crippen molar-refractivity contribution in [2.45, 2.75) is 18.8 Å². The van der Waals surface area contributed by atoms with Crippen molar-refractivity contribution in [2.24, 2.45) is 0 Å². The average Bonchev–Trinajstić information content (AvgIpc) is 2.45. The molecule has 1 atom stereocenters. The molecular formula is C15H20N2O3. The fraction of sp³-hybridized carbons (Fsp3) is 0.533. The Morgan fingerprint density at radius 1 is 1.25 bits per heavy atom. The van der Waals surface area contributed by atoms with Crippen LogP contribution in [-0.4, -0.2) is 65.8 Å². The minimum atomic E-state index is -0.389. The highest BCUT2D eigenvalue weighted by Crippen LogP contribution is 2.15. The number of morpholine rings is 1. The van der Waals surface area contributed by atoms with E-state index in [0.717, 1.165) is 13.1 Å². The largest absolute Gasteiger partial charge is 0.389 e. The zero-order valence-electron chi connectivity index (χ0n) is 11.4. The fourth-order valence-electron chi connectivity index (χ4n) is 2.68. The van der Waals surface area contributed by atoms with Gasteiger partial charge in [-0.05, 0) is 5.56 Å². The van der Waals surface area contributed by atoms with Crippen molar-refractivity contribution < 1.29 is 14.6 Å². The average molecular weight is 276 g/mol. The zero-order chi connectivity index (χ0) is 13.9. The van der Waals surface area contributed by atoms with E-state index < -0.39 is 0 Å². The van der Waals surface area contributed by atoms with Gasteiger partial charge in [0.25, 0.3) is 5.91 Å². The van der Waals surface area contributed by atoms with E-state index in [9.17, 15) is 9.90 Å². The molecule has 1 aromatic rings. The number of hydrogen-bond donors (Lipinski definition) is 1. The van der Waals surface area contributed by atoms with E-state index in [1.54, 1.807) is 4.90 Å². The standard InChI is InChI=1S/C15H20N2O3/c18-13-9-17(10-13)15(19)14-11-16(6-7-20-14)8-12-4-2-1-3-5-12/h1-5,13-14,18H,6-11H2. The highest BCUT2D eigenvalue weighted by atomic mass is 16.5. The Labute approximate surface area is 118 Å². The first-order valence-electron chi connectivity index (χ1n) is 7.07. The van der Waals surface area contributed by atoms with Crippen molar-refractivity contribution in [3.63, 3.8) is 0 Å². The Hall–Kier alpha value is -1.43. The number of amides is 1. The maximum atomic E-state index is 12.2. The summed E-state index contributed by atoms with van der Waals surface area (Å²) in [4.78, 5) is 16.1. The molecule has 0 spiro atoms.